The van der Waals surface area contributed by atoms with Crippen LogP contribution in [-0.4, -0.2) is 12.6 Å². The van der Waals surface area contributed by atoms with Crippen molar-refractivity contribution in [1.82, 2.24) is 5.32 Å². The van der Waals surface area contributed by atoms with Crippen molar-refractivity contribution >= 4 is 0 Å². The summed E-state index contributed by atoms with van der Waals surface area (Å²) >= 11 is 0. The van der Waals surface area contributed by atoms with Crippen molar-refractivity contribution in [2.24, 2.45) is 17.8 Å². The zero-order valence-electron chi connectivity index (χ0n) is 12.0. The Morgan fingerprint density at radius 2 is 2.28 bits per heavy atom. The summed E-state index contributed by atoms with van der Waals surface area (Å²) in [4.78, 5) is 0. The van der Waals surface area contributed by atoms with Gasteiger partial charge in [-0.3, -0.25) is 0 Å². The molecule has 0 heterocycles. The maximum Gasteiger partial charge on any atom is 0.0282 e. The molecule has 1 N–H and O–H groups in total. The maximum atomic E-state index is 3.83. The number of nitrogens with one attached hydrogen (secondary N) is 1. The molecule has 0 aliphatic heterocycles. The van der Waals surface area contributed by atoms with Crippen LogP contribution in [0.15, 0.2) is 11.6 Å². The van der Waals surface area contributed by atoms with Crippen molar-refractivity contribution < 1.29 is 0 Å². The standard InChI is InChI=1S/C17H29N/c1-2-9-18-17(14-5-3-4-6-14)12-16-11-13-7-8-15(16)10-13/h5,13,15-18H,2-4,6-12H2,1H3. The van der Waals surface area contributed by atoms with Gasteiger partial charge in [0.25, 0.3) is 0 Å². The fourth-order valence-corrected chi connectivity index (χ4v) is 4.66. The van der Waals surface area contributed by atoms with E-state index in [0.717, 1.165) is 23.8 Å². The fourth-order valence-electron chi connectivity index (χ4n) is 4.66. The van der Waals surface area contributed by atoms with Crippen LogP contribution in [0.4, 0.5) is 0 Å². The van der Waals surface area contributed by atoms with E-state index in [1.807, 2.05) is 0 Å². The first-order chi connectivity index (χ1) is 8.86. The molecule has 102 valence electrons. The van der Waals surface area contributed by atoms with Gasteiger partial charge in [-0.2, -0.15) is 0 Å². The second-order valence-electron chi connectivity index (χ2n) is 6.85. The highest BCUT2D eigenvalue weighted by atomic mass is 14.9. The molecular formula is C17H29N. The minimum absolute atomic E-state index is 0.719. The molecule has 18 heavy (non-hydrogen) atoms. The summed E-state index contributed by atoms with van der Waals surface area (Å²) < 4.78 is 0. The molecule has 0 saturated heterocycles. The highest BCUT2D eigenvalue weighted by Crippen LogP contribution is 2.50. The molecule has 0 spiro atoms. The molecule has 3 rings (SSSR count). The number of allylic oxidation sites excluding steroid dienone is 1. The summed E-state index contributed by atoms with van der Waals surface area (Å²) in [5, 5.41) is 3.83. The summed E-state index contributed by atoms with van der Waals surface area (Å²) in [5.41, 5.74) is 1.74. The van der Waals surface area contributed by atoms with Gasteiger partial charge < -0.3 is 5.32 Å². The molecule has 0 aromatic carbocycles. The Hall–Kier alpha value is -0.300. The normalized spacial score (nSPS) is 36.1. The van der Waals surface area contributed by atoms with Gasteiger partial charge in [-0.05, 0) is 75.7 Å². The van der Waals surface area contributed by atoms with E-state index < -0.39 is 0 Å². The van der Waals surface area contributed by atoms with E-state index in [0.29, 0.717) is 0 Å². The van der Waals surface area contributed by atoms with E-state index in [-0.39, 0.29) is 0 Å². The number of rotatable bonds is 6. The first-order valence-corrected chi connectivity index (χ1v) is 8.29. The predicted molar refractivity (Wildman–Crippen MR) is 77.6 cm³/mol. The van der Waals surface area contributed by atoms with Crippen LogP contribution in [-0.2, 0) is 0 Å². The van der Waals surface area contributed by atoms with E-state index in [9.17, 15) is 0 Å². The molecule has 1 heteroatoms. The molecule has 3 aliphatic carbocycles. The van der Waals surface area contributed by atoms with Crippen LogP contribution < -0.4 is 5.32 Å². The van der Waals surface area contributed by atoms with Gasteiger partial charge in [0.05, 0.1) is 0 Å². The van der Waals surface area contributed by atoms with E-state index in [1.54, 1.807) is 18.4 Å². The molecule has 0 aromatic heterocycles. The molecule has 1 nitrogen and oxygen atoms in total. The van der Waals surface area contributed by atoms with E-state index in [2.05, 4.69) is 18.3 Å². The van der Waals surface area contributed by atoms with Crippen LogP contribution in [0.5, 0.6) is 0 Å². The van der Waals surface area contributed by atoms with Crippen LogP contribution in [0.1, 0.15) is 64.7 Å². The molecule has 0 radical (unpaired) electrons. The van der Waals surface area contributed by atoms with Crippen molar-refractivity contribution in [3.8, 4) is 0 Å². The lowest BCUT2D eigenvalue weighted by Crippen LogP contribution is -2.34. The van der Waals surface area contributed by atoms with E-state index in [4.69, 9.17) is 0 Å². The first kappa shape index (κ1) is 12.7. The van der Waals surface area contributed by atoms with Crippen molar-refractivity contribution in [3.63, 3.8) is 0 Å². The lowest BCUT2D eigenvalue weighted by atomic mass is 9.82. The van der Waals surface area contributed by atoms with Gasteiger partial charge in [-0.25, -0.2) is 0 Å². The SMILES string of the molecule is CCCNC(CC1CC2CCC1C2)C1=CCCC1. The Kier molecular flexibility index (Phi) is 4.08. The molecule has 2 bridgehead atoms. The molecule has 3 aliphatic rings. The lowest BCUT2D eigenvalue weighted by molar-refractivity contribution is 0.288. The molecule has 0 amide bonds. The molecular weight excluding hydrogens is 218 g/mol. The summed E-state index contributed by atoms with van der Waals surface area (Å²) in [6.45, 7) is 3.48. The summed E-state index contributed by atoms with van der Waals surface area (Å²) in [6.07, 6.45) is 15.5. The predicted octanol–water partition coefficient (Wildman–Crippen LogP) is 4.29. The van der Waals surface area contributed by atoms with Gasteiger partial charge in [0, 0.05) is 6.04 Å². The van der Waals surface area contributed by atoms with Crippen molar-refractivity contribution in [3.05, 3.63) is 11.6 Å². The van der Waals surface area contributed by atoms with Crippen molar-refractivity contribution in [2.75, 3.05) is 6.54 Å². The van der Waals surface area contributed by atoms with Crippen LogP contribution in [0.2, 0.25) is 0 Å². The largest absolute Gasteiger partial charge is 0.310 e. The van der Waals surface area contributed by atoms with Crippen LogP contribution in [0.25, 0.3) is 0 Å². The quantitative estimate of drug-likeness (QED) is 0.690. The number of hydrogen-bond donors (Lipinski definition) is 1. The molecule has 2 fully saturated rings. The third kappa shape index (κ3) is 2.66. The zero-order chi connectivity index (χ0) is 12.4. The number of fused-ring (bicyclic) bond motifs is 2. The molecule has 4 atom stereocenters. The Bertz CT molecular complexity index is 307. The molecule has 4 unspecified atom stereocenters. The van der Waals surface area contributed by atoms with Crippen LogP contribution in [0.3, 0.4) is 0 Å². The second-order valence-corrected chi connectivity index (χ2v) is 6.85. The van der Waals surface area contributed by atoms with Gasteiger partial charge in [-0.15, -0.1) is 0 Å². The van der Waals surface area contributed by atoms with Gasteiger partial charge in [0.2, 0.25) is 0 Å². The number of hydrogen-bond acceptors (Lipinski definition) is 1. The molecule has 2 saturated carbocycles. The highest BCUT2D eigenvalue weighted by molar-refractivity contribution is 5.16. The minimum Gasteiger partial charge on any atom is -0.310 e. The van der Waals surface area contributed by atoms with Crippen molar-refractivity contribution in [2.45, 2.75) is 70.8 Å². The van der Waals surface area contributed by atoms with Gasteiger partial charge in [0.15, 0.2) is 0 Å². The highest BCUT2D eigenvalue weighted by Gasteiger charge is 2.40. The van der Waals surface area contributed by atoms with E-state index >= 15 is 0 Å². The molecule has 0 aromatic rings. The monoisotopic (exact) mass is 247 g/mol. The third-order valence-corrected chi connectivity index (χ3v) is 5.59. The summed E-state index contributed by atoms with van der Waals surface area (Å²) in [5.74, 6) is 3.23. The van der Waals surface area contributed by atoms with Gasteiger partial charge in [-0.1, -0.05) is 25.0 Å². The average molecular weight is 247 g/mol. The maximum absolute atomic E-state index is 3.83. The smallest absolute Gasteiger partial charge is 0.0282 e. The van der Waals surface area contributed by atoms with Gasteiger partial charge in [0.1, 0.15) is 0 Å². The summed E-state index contributed by atoms with van der Waals surface area (Å²) in [7, 11) is 0. The summed E-state index contributed by atoms with van der Waals surface area (Å²) in [6, 6.07) is 0.719. The van der Waals surface area contributed by atoms with Gasteiger partial charge >= 0.3 is 0 Å². The van der Waals surface area contributed by atoms with E-state index in [1.165, 1.54) is 51.5 Å². The van der Waals surface area contributed by atoms with Crippen molar-refractivity contribution in [1.29, 1.82) is 0 Å². The van der Waals surface area contributed by atoms with Crippen LogP contribution in [0, 0.1) is 17.8 Å². The second kappa shape index (κ2) is 5.77. The average Bonchev–Trinajstić information content (AvgIpc) is 3.09. The fraction of sp³-hybridized carbons (Fsp3) is 0.882. The Morgan fingerprint density at radius 3 is 2.89 bits per heavy atom. The first-order valence-electron chi connectivity index (χ1n) is 8.29. The third-order valence-electron chi connectivity index (χ3n) is 5.59. The Balaban J connectivity index is 1.58. The lowest BCUT2D eigenvalue weighted by Gasteiger charge is -2.28. The zero-order valence-corrected chi connectivity index (χ0v) is 12.0. The topological polar surface area (TPSA) is 12.0 Å². The minimum atomic E-state index is 0.719. The Morgan fingerprint density at radius 1 is 1.33 bits per heavy atom. The van der Waals surface area contributed by atoms with Crippen LogP contribution >= 0.6 is 0 Å². The Labute approximate surface area is 112 Å².